The summed E-state index contributed by atoms with van der Waals surface area (Å²) in [6.07, 6.45) is 4.90. The van der Waals surface area contributed by atoms with Crippen molar-refractivity contribution in [3.05, 3.63) is 53.6 Å². The Morgan fingerprint density at radius 2 is 2.00 bits per heavy atom. The maximum Gasteiger partial charge on any atom is 0.0692 e. The summed E-state index contributed by atoms with van der Waals surface area (Å²) < 4.78 is 2.92. The molecule has 0 atom stereocenters. The highest BCUT2D eigenvalue weighted by atomic mass is 32.2. The van der Waals surface area contributed by atoms with Crippen LogP contribution in [0.3, 0.4) is 0 Å². The Morgan fingerprint density at radius 3 is 2.67 bits per heavy atom. The van der Waals surface area contributed by atoms with Gasteiger partial charge in [-0.05, 0) is 29.2 Å². The van der Waals surface area contributed by atoms with E-state index in [0.717, 1.165) is 0 Å². The lowest BCUT2D eigenvalue weighted by Crippen LogP contribution is -1.94. The second kappa shape index (κ2) is 3.50. The molecule has 1 N–H and O–H groups in total. The zero-order chi connectivity index (χ0) is 8.23. The van der Waals surface area contributed by atoms with E-state index in [0.29, 0.717) is 0 Å². The molecule has 0 bridgehead atoms. The van der Waals surface area contributed by atoms with E-state index in [-0.39, 0.29) is 0 Å². The van der Waals surface area contributed by atoms with Crippen molar-refractivity contribution in [3.63, 3.8) is 0 Å². The number of nitrogens with one attached hydrogen (secondary N) is 1. The van der Waals surface area contributed by atoms with Crippen LogP contribution in [0.4, 0.5) is 0 Å². The first-order chi connectivity index (χ1) is 5.97. The van der Waals surface area contributed by atoms with Crippen LogP contribution in [0.2, 0.25) is 0 Å². The minimum Gasteiger partial charge on any atom is -0.324 e. The van der Waals surface area contributed by atoms with Crippen molar-refractivity contribution >= 4 is 17.5 Å². The van der Waals surface area contributed by atoms with Crippen LogP contribution in [-0.2, 0) is 0 Å². The highest BCUT2D eigenvalue weighted by molar-refractivity contribution is 8.00. The molecule has 12 heavy (non-hydrogen) atoms. The minimum absolute atomic E-state index is 1.21. The Hall–Kier alpha value is -1.15. The number of benzene rings is 1. The van der Waals surface area contributed by atoms with Gasteiger partial charge in [0.05, 0.1) is 6.20 Å². The van der Waals surface area contributed by atoms with Crippen LogP contribution in [0.1, 0.15) is 5.56 Å². The molecule has 0 fully saturated rings. The monoisotopic (exact) mass is 174 g/mol. The van der Waals surface area contributed by atoms with Crippen LogP contribution < -0.4 is 4.72 Å². The molecule has 1 radical (unpaired) electrons. The van der Waals surface area contributed by atoms with Gasteiger partial charge in [0.15, 0.2) is 0 Å². The predicted octanol–water partition coefficient (Wildman–Crippen LogP) is 2.60. The van der Waals surface area contributed by atoms with Gasteiger partial charge in [-0.2, -0.15) is 0 Å². The first kappa shape index (κ1) is 7.50. The Bertz CT molecular complexity index is 314. The standard InChI is InChI=1S/C10H8NS/c1-2-4-9(5-3-1)10-6-7-11-12-8-10/h1-6,8,11H. The summed E-state index contributed by atoms with van der Waals surface area (Å²) in [5, 5.41) is 2.08. The smallest absolute Gasteiger partial charge is 0.0692 e. The molecule has 0 saturated heterocycles. The van der Waals surface area contributed by atoms with E-state index in [1.807, 2.05) is 24.3 Å². The molecule has 1 aliphatic heterocycles. The van der Waals surface area contributed by atoms with Crippen LogP contribution in [0.5, 0.6) is 0 Å². The van der Waals surface area contributed by atoms with Crippen LogP contribution >= 0.6 is 11.9 Å². The van der Waals surface area contributed by atoms with Gasteiger partial charge >= 0.3 is 0 Å². The molecule has 1 aliphatic rings. The molecule has 1 heterocycles. The summed E-state index contributed by atoms with van der Waals surface area (Å²) in [6, 6.07) is 10.3. The zero-order valence-corrected chi connectivity index (χ0v) is 7.27. The van der Waals surface area contributed by atoms with Gasteiger partial charge in [-0.15, -0.1) is 0 Å². The third-order valence-corrected chi connectivity index (χ3v) is 2.25. The van der Waals surface area contributed by atoms with Crippen molar-refractivity contribution in [3.8, 4) is 0 Å². The lowest BCUT2D eigenvalue weighted by atomic mass is 10.1. The molecule has 59 valence electrons. The van der Waals surface area contributed by atoms with E-state index >= 15 is 0 Å². The van der Waals surface area contributed by atoms with E-state index in [2.05, 4.69) is 28.5 Å². The average molecular weight is 174 g/mol. The van der Waals surface area contributed by atoms with E-state index in [1.165, 1.54) is 11.1 Å². The summed E-state index contributed by atoms with van der Waals surface area (Å²) in [5.74, 6) is 0. The molecular weight excluding hydrogens is 166 g/mol. The summed E-state index contributed by atoms with van der Waals surface area (Å²) in [5.41, 5.74) is 2.44. The number of allylic oxidation sites excluding steroid dienone is 2. The zero-order valence-electron chi connectivity index (χ0n) is 6.45. The SMILES string of the molecule is [C]1=CC(c2ccccc2)=CSN1. The molecule has 0 aliphatic carbocycles. The molecule has 0 spiro atoms. The number of hydrogen-bond acceptors (Lipinski definition) is 2. The molecule has 0 unspecified atom stereocenters. The maximum absolute atomic E-state index is 2.95. The Kier molecular flexibility index (Phi) is 2.19. The Morgan fingerprint density at radius 1 is 1.17 bits per heavy atom. The van der Waals surface area contributed by atoms with Gasteiger partial charge in [0, 0.05) is 5.41 Å². The fraction of sp³-hybridized carbons (Fsp3) is 0. The molecular formula is C10H8NS. The highest BCUT2D eigenvalue weighted by Crippen LogP contribution is 2.20. The van der Waals surface area contributed by atoms with Crippen molar-refractivity contribution in [2.75, 3.05) is 0 Å². The molecule has 2 heteroatoms. The van der Waals surface area contributed by atoms with E-state index in [9.17, 15) is 0 Å². The topological polar surface area (TPSA) is 12.0 Å². The van der Waals surface area contributed by atoms with Gasteiger partial charge < -0.3 is 4.72 Å². The third-order valence-electron chi connectivity index (χ3n) is 1.64. The predicted molar refractivity (Wildman–Crippen MR) is 53.0 cm³/mol. The van der Waals surface area contributed by atoms with E-state index < -0.39 is 0 Å². The maximum atomic E-state index is 2.95. The van der Waals surface area contributed by atoms with Gasteiger partial charge in [-0.25, -0.2) is 0 Å². The lowest BCUT2D eigenvalue weighted by molar-refractivity contribution is 1.35. The third kappa shape index (κ3) is 1.53. The number of hydrogen-bond donors (Lipinski definition) is 1. The van der Waals surface area contributed by atoms with Crippen LogP contribution in [0.25, 0.3) is 5.57 Å². The van der Waals surface area contributed by atoms with Crippen molar-refractivity contribution in [2.24, 2.45) is 0 Å². The highest BCUT2D eigenvalue weighted by Gasteiger charge is 1.99. The summed E-state index contributed by atoms with van der Waals surface area (Å²) in [6.45, 7) is 0. The molecule has 1 aromatic rings. The molecule has 1 nitrogen and oxygen atoms in total. The Labute approximate surface area is 76.3 Å². The van der Waals surface area contributed by atoms with Crippen LogP contribution in [0, 0.1) is 6.20 Å². The second-order valence-corrected chi connectivity index (χ2v) is 3.12. The first-order valence-electron chi connectivity index (χ1n) is 3.72. The summed E-state index contributed by atoms with van der Waals surface area (Å²) >= 11 is 1.54. The van der Waals surface area contributed by atoms with Crippen molar-refractivity contribution in [1.29, 1.82) is 0 Å². The minimum atomic E-state index is 1.21. The van der Waals surface area contributed by atoms with Crippen molar-refractivity contribution in [2.45, 2.75) is 0 Å². The van der Waals surface area contributed by atoms with Gasteiger partial charge in [-0.1, -0.05) is 30.3 Å². The Balaban J connectivity index is 2.31. The summed E-state index contributed by atoms with van der Waals surface area (Å²) in [4.78, 5) is 0. The van der Waals surface area contributed by atoms with E-state index in [1.54, 1.807) is 11.9 Å². The van der Waals surface area contributed by atoms with Crippen LogP contribution in [0.15, 0.2) is 41.8 Å². The van der Waals surface area contributed by atoms with Crippen LogP contribution in [-0.4, -0.2) is 0 Å². The van der Waals surface area contributed by atoms with Gasteiger partial charge in [0.25, 0.3) is 0 Å². The lowest BCUT2D eigenvalue weighted by Gasteiger charge is -2.05. The van der Waals surface area contributed by atoms with E-state index in [4.69, 9.17) is 0 Å². The second-order valence-electron chi connectivity index (χ2n) is 2.45. The normalized spacial score (nSPS) is 15.2. The first-order valence-corrected chi connectivity index (χ1v) is 4.60. The molecule has 0 amide bonds. The van der Waals surface area contributed by atoms with Crippen molar-refractivity contribution < 1.29 is 0 Å². The van der Waals surface area contributed by atoms with Gasteiger partial charge in [-0.3, -0.25) is 0 Å². The molecule has 0 saturated carbocycles. The molecule has 0 aromatic heterocycles. The fourth-order valence-electron chi connectivity index (χ4n) is 1.05. The average Bonchev–Trinajstić information content (AvgIpc) is 2.21. The van der Waals surface area contributed by atoms with Gasteiger partial charge in [0.1, 0.15) is 0 Å². The fourth-order valence-corrected chi connectivity index (χ4v) is 1.57. The molecule has 2 rings (SSSR count). The molecule has 1 aromatic carbocycles. The van der Waals surface area contributed by atoms with Gasteiger partial charge in [0.2, 0.25) is 0 Å². The largest absolute Gasteiger partial charge is 0.324 e. The summed E-state index contributed by atoms with van der Waals surface area (Å²) in [7, 11) is 0. The quantitative estimate of drug-likeness (QED) is 0.657. The number of rotatable bonds is 1. The van der Waals surface area contributed by atoms with Crippen molar-refractivity contribution in [1.82, 2.24) is 4.72 Å².